The maximum atomic E-state index is 12.3. The van der Waals surface area contributed by atoms with Crippen LogP contribution in [0.15, 0.2) is 21.9 Å². The molecule has 7 heteroatoms. The van der Waals surface area contributed by atoms with Gasteiger partial charge in [0.2, 0.25) is 11.8 Å². The van der Waals surface area contributed by atoms with Crippen molar-refractivity contribution in [3.63, 3.8) is 0 Å². The van der Waals surface area contributed by atoms with E-state index >= 15 is 0 Å². The van der Waals surface area contributed by atoms with Crippen LogP contribution in [0.4, 0.5) is 0 Å². The maximum absolute atomic E-state index is 12.3. The minimum atomic E-state index is -0.0521. The van der Waals surface area contributed by atoms with Crippen LogP contribution in [0.3, 0.4) is 0 Å². The van der Waals surface area contributed by atoms with Gasteiger partial charge >= 0.3 is 0 Å². The van der Waals surface area contributed by atoms with Crippen LogP contribution in [-0.2, 0) is 16.0 Å². The van der Waals surface area contributed by atoms with E-state index in [2.05, 4.69) is 29.0 Å². The number of aromatic nitrogens is 1. The van der Waals surface area contributed by atoms with E-state index in [1.54, 1.807) is 11.3 Å². The van der Waals surface area contributed by atoms with E-state index < -0.39 is 0 Å². The van der Waals surface area contributed by atoms with Crippen molar-refractivity contribution in [2.75, 3.05) is 32.8 Å². The molecule has 2 aromatic rings. The first-order valence-corrected chi connectivity index (χ1v) is 10.00. The van der Waals surface area contributed by atoms with E-state index in [4.69, 9.17) is 9.15 Å². The van der Waals surface area contributed by atoms with Crippen molar-refractivity contribution < 1.29 is 13.9 Å². The third-order valence-corrected chi connectivity index (χ3v) is 5.18. The van der Waals surface area contributed by atoms with Gasteiger partial charge < -0.3 is 14.5 Å². The maximum Gasteiger partial charge on any atom is 0.236 e. The fraction of sp³-hybridized carbons (Fsp3) is 0.579. The molecule has 142 valence electrons. The molecule has 1 aliphatic rings. The summed E-state index contributed by atoms with van der Waals surface area (Å²) in [6, 6.07) is 3.92. The normalized spacial score (nSPS) is 18.4. The standard InChI is InChI=1S/C19H27N3O3S/c1-13(2)11-22-6-7-24-15(12-22)10-20-18(23)9-16-14(3)25-19(21-16)17-5-4-8-26-17/h4-5,8,13,15H,6-7,9-12H2,1-3H3,(H,20,23). The molecule has 0 radical (unpaired) electrons. The van der Waals surface area contributed by atoms with Gasteiger partial charge in [-0.25, -0.2) is 4.98 Å². The number of thiophene rings is 1. The third-order valence-electron chi connectivity index (χ3n) is 4.33. The van der Waals surface area contributed by atoms with Gasteiger partial charge in [-0.2, -0.15) is 0 Å². The molecule has 1 fully saturated rings. The number of amides is 1. The highest BCUT2D eigenvalue weighted by Crippen LogP contribution is 2.26. The van der Waals surface area contributed by atoms with Crippen molar-refractivity contribution >= 4 is 17.2 Å². The van der Waals surface area contributed by atoms with Crippen LogP contribution < -0.4 is 5.32 Å². The summed E-state index contributed by atoms with van der Waals surface area (Å²) in [6.07, 6.45) is 0.273. The fourth-order valence-corrected chi connectivity index (χ4v) is 3.78. The van der Waals surface area contributed by atoms with Gasteiger partial charge in [0.25, 0.3) is 0 Å². The van der Waals surface area contributed by atoms with E-state index in [1.165, 1.54) is 0 Å². The first-order valence-electron chi connectivity index (χ1n) is 9.12. The summed E-state index contributed by atoms with van der Waals surface area (Å²) in [5, 5.41) is 4.96. The van der Waals surface area contributed by atoms with Crippen LogP contribution in [-0.4, -0.2) is 54.7 Å². The molecule has 0 bridgehead atoms. The van der Waals surface area contributed by atoms with Gasteiger partial charge in [0.1, 0.15) is 5.76 Å². The Hall–Kier alpha value is -1.70. The molecule has 3 rings (SSSR count). The zero-order valence-corrected chi connectivity index (χ0v) is 16.5. The van der Waals surface area contributed by atoms with Crippen molar-refractivity contribution in [3.05, 3.63) is 29.0 Å². The number of carbonyl (C=O) groups excluding carboxylic acids is 1. The number of rotatable bonds is 7. The lowest BCUT2D eigenvalue weighted by Gasteiger charge is -2.33. The van der Waals surface area contributed by atoms with Crippen LogP contribution in [0.1, 0.15) is 25.3 Å². The van der Waals surface area contributed by atoms with Crippen molar-refractivity contribution in [2.45, 2.75) is 33.3 Å². The summed E-state index contributed by atoms with van der Waals surface area (Å²) < 4.78 is 11.5. The van der Waals surface area contributed by atoms with Gasteiger partial charge in [0.05, 0.1) is 29.7 Å². The monoisotopic (exact) mass is 377 g/mol. The summed E-state index contributed by atoms with van der Waals surface area (Å²) in [4.78, 5) is 20.2. The quantitative estimate of drug-likeness (QED) is 0.804. The van der Waals surface area contributed by atoms with Crippen molar-refractivity contribution in [2.24, 2.45) is 5.92 Å². The van der Waals surface area contributed by atoms with E-state index in [0.29, 0.717) is 29.8 Å². The number of carbonyl (C=O) groups is 1. The zero-order valence-electron chi connectivity index (χ0n) is 15.7. The Kier molecular flexibility index (Phi) is 6.45. The minimum absolute atomic E-state index is 0.0477. The third kappa shape index (κ3) is 5.16. The second kappa shape index (κ2) is 8.79. The molecular weight excluding hydrogens is 350 g/mol. The molecule has 1 aliphatic heterocycles. The molecule has 3 heterocycles. The summed E-state index contributed by atoms with van der Waals surface area (Å²) in [5.41, 5.74) is 0.692. The lowest BCUT2D eigenvalue weighted by Crippen LogP contribution is -2.48. The van der Waals surface area contributed by atoms with Crippen molar-refractivity contribution in [3.8, 4) is 10.8 Å². The van der Waals surface area contributed by atoms with Crippen LogP contribution in [0.2, 0.25) is 0 Å². The first kappa shape index (κ1) is 19.1. The molecule has 0 spiro atoms. The highest BCUT2D eigenvalue weighted by molar-refractivity contribution is 7.13. The molecule has 26 heavy (non-hydrogen) atoms. The predicted octanol–water partition coefficient (Wildman–Crippen LogP) is 2.73. The van der Waals surface area contributed by atoms with Gasteiger partial charge in [-0.05, 0) is 24.3 Å². The Morgan fingerprint density at radius 2 is 2.35 bits per heavy atom. The van der Waals surface area contributed by atoms with E-state index in [9.17, 15) is 4.79 Å². The summed E-state index contributed by atoms with van der Waals surface area (Å²) in [5.74, 6) is 1.86. The number of ether oxygens (including phenoxy) is 1. The lowest BCUT2D eigenvalue weighted by atomic mass is 10.2. The van der Waals surface area contributed by atoms with E-state index in [-0.39, 0.29) is 18.4 Å². The smallest absolute Gasteiger partial charge is 0.236 e. The topological polar surface area (TPSA) is 67.6 Å². The Morgan fingerprint density at radius 1 is 1.50 bits per heavy atom. The van der Waals surface area contributed by atoms with Crippen LogP contribution in [0.5, 0.6) is 0 Å². The Morgan fingerprint density at radius 3 is 3.08 bits per heavy atom. The fourth-order valence-electron chi connectivity index (χ4n) is 3.13. The highest BCUT2D eigenvalue weighted by atomic mass is 32.1. The molecule has 1 unspecified atom stereocenters. The van der Waals surface area contributed by atoms with Gasteiger partial charge in [-0.15, -0.1) is 11.3 Å². The largest absolute Gasteiger partial charge is 0.440 e. The Labute approximate surface area is 158 Å². The minimum Gasteiger partial charge on any atom is -0.440 e. The van der Waals surface area contributed by atoms with Gasteiger partial charge in [-0.3, -0.25) is 9.69 Å². The second-order valence-electron chi connectivity index (χ2n) is 7.13. The molecule has 0 aromatic carbocycles. The molecule has 1 N–H and O–H groups in total. The number of morpholine rings is 1. The van der Waals surface area contributed by atoms with Gasteiger partial charge in [0, 0.05) is 26.2 Å². The molecule has 2 aromatic heterocycles. The van der Waals surface area contributed by atoms with Crippen LogP contribution in [0, 0.1) is 12.8 Å². The summed E-state index contributed by atoms with van der Waals surface area (Å²) >= 11 is 1.57. The SMILES string of the molecule is Cc1oc(-c2cccs2)nc1CC(=O)NCC1CN(CC(C)C)CCO1. The molecule has 1 amide bonds. The Balaban J connectivity index is 1.48. The predicted molar refractivity (Wildman–Crippen MR) is 102 cm³/mol. The van der Waals surface area contributed by atoms with Gasteiger partial charge in [0.15, 0.2) is 0 Å². The molecule has 1 atom stereocenters. The van der Waals surface area contributed by atoms with E-state index in [0.717, 1.165) is 31.1 Å². The number of nitrogens with zero attached hydrogens (tertiary/aromatic N) is 2. The highest BCUT2D eigenvalue weighted by Gasteiger charge is 2.22. The number of hydrogen-bond acceptors (Lipinski definition) is 6. The Bertz CT molecular complexity index is 712. The zero-order chi connectivity index (χ0) is 18.5. The lowest BCUT2D eigenvalue weighted by molar-refractivity contribution is -0.121. The number of hydrogen-bond donors (Lipinski definition) is 1. The molecule has 0 aliphatic carbocycles. The molecule has 0 saturated carbocycles. The van der Waals surface area contributed by atoms with Crippen LogP contribution >= 0.6 is 11.3 Å². The van der Waals surface area contributed by atoms with Crippen molar-refractivity contribution in [1.29, 1.82) is 0 Å². The average Bonchev–Trinajstić information content (AvgIpc) is 3.23. The van der Waals surface area contributed by atoms with Gasteiger partial charge in [-0.1, -0.05) is 19.9 Å². The second-order valence-corrected chi connectivity index (χ2v) is 8.07. The number of oxazole rings is 1. The number of nitrogens with one attached hydrogen (secondary N) is 1. The summed E-state index contributed by atoms with van der Waals surface area (Å²) in [7, 11) is 0. The molecular formula is C19H27N3O3S. The molecule has 1 saturated heterocycles. The first-order chi connectivity index (χ1) is 12.5. The van der Waals surface area contributed by atoms with E-state index in [1.807, 2.05) is 24.4 Å². The molecule has 6 nitrogen and oxygen atoms in total. The number of aryl methyl sites for hydroxylation is 1. The summed E-state index contributed by atoms with van der Waals surface area (Å²) in [6.45, 7) is 10.4. The average molecular weight is 378 g/mol. The van der Waals surface area contributed by atoms with Crippen molar-refractivity contribution in [1.82, 2.24) is 15.2 Å². The van der Waals surface area contributed by atoms with Crippen LogP contribution in [0.25, 0.3) is 10.8 Å².